The first-order valence-electron chi connectivity index (χ1n) is 5.85. The van der Waals surface area contributed by atoms with Gasteiger partial charge in [-0.05, 0) is 29.8 Å². The summed E-state index contributed by atoms with van der Waals surface area (Å²) in [5.74, 6) is 1.64. The summed E-state index contributed by atoms with van der Waals surface area (Å²) >= 11 is 0. The molecule has 18 heavy (non-hydrogen) atoms. The van der Waals surface area contributed by atoms with E-state index in [1.54, 1.807) is 7.11 Å². The fourth-order valence-corrected chi connectivity index (χ4v) is 1.67. The minimum atomic E-state index is 0.621. The third kappa shape index (κ3) is 3.25. The minimum absolute atomic E-state index is 0.621. The lowest BCUT2D eigenvalue weighted by molar-refractivity contribution is 0.185. The van der Waals surface area contributed by atoms with Gasteiger partial charge in [0.2, 0.25) is 0 Å². The van der Waals surface area contributed by atoms with Gasteiger partial charge in [0.05, 0.1) is 6.61 Å². The Morgan fingerprint density at radius 1 is 1.00 bits per heavy atom. The Hall–Kier alpha value is -2.00. The van der Waals surface area contributed by atoms with Crippen LogP contribution in [0.4, 0.5) is 5.69 Å². The highest BCUT2D eigenvalue weighted by atomic mass is 16.5. The molecule has 0 bridgehead atoms. The predicted octanol–water partition coefficient (Wildman–Crippen LogP) is 3.67. The number of ether oxygens (including phenoxy) is 2. The van der Waals surface area contributed by atoms with E-state index in [-0.39, 0.29) is 0 Å². The fraction of sp³-hybridized carbons (Fsp3) is 0.200. The van der Waals surface area contributed by atoms with Crippen LogP contribution in [0.3, 0.4) is 0 Å². The summed E-state index contributed by atoms with van der Waals surface area (Å²) in [6.07, 6.45) is 0. The molecule has 94 valence electrons. The first-order chi connectivity index (χ1) is 8.81. The fourth-order valence-electron chi connectivity index (χ4n) is 1.67. The Balaban J connectivity index is 2.08. The van der Waals surface area contributed by atoms with E-state index in [0.717, 1.165) is 22.7 Å². The van der Waals surface area contributed by atoms with Crippen molar-refractivity contribution in [3.8, 4) is 11.5 Å². The molecule has 2 aromatic rings. The van der Waals surface area contributed by atoms with Gasteiger partial charge in [0.25, 0.3) is 0 Å². The molecule has 0 fully saturated rings. The Morgan fingerprint density at radius 2 is 1.78 bits per heavy atom. The number of anilines is 1. The van der Waals surface area contributed by atoms with Gasteiger partial charge in [-0.2, -0.15) is 0 Å². The van der Waals surface area contributed by atoms with Crippen molar-refractivity contribution in [2.45, 2.75) is 6.61 Å². The van der Waals surface area contributed by atoms with Crippen molar-refractivity contribution in [2.24, 2.45) is 0 Å². The maximum atomic E-state index is 5.77. The molecule has 3 heteroatoms. The summed E-state index contributed by atoms with van der Waals surface area (Å²) in [5.41, 5.74) is 2.16. The van der Waals surface area contributed by atoms with E-state index in [1.165, 1.54) is 0 Å². The van der Waals surface area contributed by atoms with Crippen LogP contribution in [-0.4, -0.2) is 14.2 Å². The molecule has 0 aromatic heterocycles. The average molecular weight is 243 g/mol. The van der Waals surface area contributed by atoms with Crippen molar-refractivity contribution < 1.29 is 9.47 Å². The molecule has 0 unspecified atom stereocenters. The van der Waals surface area contributed by atoms with Crippen molar-refractivity contribution >= 4 is 5.69 Å². The zero-order valence-electron chi connectivity index (χ0n) is 10.6. The molecule has 2 rings (SSSR count). The lowest BCUT2D eigenvalue weighted by Gasteiger charge is -2.08. The maximum Gasteiger partial charge on any atom is 0.129 e. The van der Waals surface area contributed by atoms with E-state index in [1.807, 2.05) is 55.6 Å². The first-order valence-corrected chi connectivity index (χ1v) is 5.85. The molecule has 0 radical (unpaired) electrons. The molecule has 0 aliphatic carbocycles. The third-order valence-electron chi connectivity index (χ3n) is 2.59. The number of benzene rings is 2. The van der Waals surface area contributed by atoms with Crippen molar-refractivity contribution in [1.82, 2.24) is 0 Å². The van der Waals surface area contributed by atoms with Crippen LogP contribution in [0, 0.1) is 0 Å². The molecule has 0 aliphatic rings. The van der Waals surface area contributed by atoms with Crippen LogP contribution in [0.1, 0.15) is 5.56 Å². The molecule has 0 saturated carbocycles. The van der Waals surface area contributed by atoms with Gasteiger partial charge in [0, 0.05) is 25.9 Å². The van der Waals surface area contributed by atoms with E-state index < -0.39 is 0 Å². The van der Waals surface area contributed by atoms with Crippen LogP contribution in [-0.2, 0) is 11.3 Å². The number of rotatable bonds is 5. The Labute approximate surface area is 107 Å². The lowest BCUT2D eigenvalue weighted by atomic mass is 10.2. The summed E-state index contributed by atoms with van der Waals surface area (Å²) in [5, 5.41) is 3.08. The number of nitrogens with one attached hydrogen (secondary N) is 1. The SMILES string of the molecule is CNc1cccc(Oc2ccc(COC)cc2)c1. The van der Waals surface area contributed by atoms with Crippen molar-refractivity contribution in [2.75, 3.05) is 19.5 Å². The van der Waals surface area contributed by atoms with Gasteiger partial charge < -0.3 is 14.8 Å². The van der Waals surface area contributed by atoms with Gasteiger partial charge in [-0.15, -0.1) is 0 Å². The standard InChI is InChI=1S/C15H17NO2/c1-16-13-4-3-5-15(10-13)18-14-8-6-12(7-9-14)11-17-2/h3-10,16H,11H2,1-2H3. The van der Waals surface area contributed by atoms with Crippen LogP contribution >= 0.6 is 0 Å². The molecule has 0 aliphatic heterocycles. The first kappa shape index (κ1) is 12.5. The van der Waals surface area contributed by atoms with Crippen LogP contribution in [0.25, 0.3) is 0 Å². The second-order valence-corrected chi connectivity index (χ2v) is 3.96. The Bertz CT molecular complexity index is 494. The molecule has 2 aromatic carbocycles. The van der Waals surface area contributed by atoms with Crippen molar-refractivity contribution in [1.29, 1.82) is 0 Å². The number of hydrogen-bond acceptors (Lipinski definition) is 3. The van der Waals surface area contributed by atoms with Crippen molar-refractivity contribution in [3.05, 3.63) is 54.1 Å². The highest BCUT2D eigenvalue weighted by Gasteiger charge is 1.99. The maximum absolute atomic E-state index is 5.77. The van der Waals surface area contributed by atoms with Gasteiger partial charge in [0.1, 0.15) is 11.5 Å². The molecular formula is C15H17NO2. The normalized spacial score (nSPS) is 10.1. The third-order valence-corrected chi connectivity index (χ3v) is 2.59. The van der Waals surface area contributed by atoms with Crippen LogP contribution in [0.2, 0.25) is 0 Å². The monoisotopic (exact) mass is 243 g/mol. The molecule has 0 spiro atoms. The van der Waals surface area contributed by atoms with Gasteiger partial charge >= 0.3 is 0 Å². The summed E-state index contributed by atoms with van der Waals surface area (Å²) in [4.78, 5) is 0. The molecule has 0 amide bonds. The van der Waals surface area contributed by atoms with Crippen molar-refractivity contribution in [3.63, 3.8) is 0 Å². The quantitative estimate of drug-likeness (QED) is 0.869. The van der Waals surface area contributed by atoms with Gasteiger partial charge in [-0.3, -0.25) is 0 Å². The highest BCUT2D eigenvalue weighted by Crippen LogP contribution is 2.24. The minimum Gasteiger partial charge on any atom is -0.457 e. The second-order valence-electron chi connectivity index (χ2n) is 3.96. The summed E-state index contributed by atoms with van der Waals surface area (Å²) in [6.45, 7) is 0.621. The smallest absolute Gasteiger partial charge is 0.129 e. The molecule has 0 atom stereocenters. The van der Waals surface area contributed by atoms with E-state index >= 15 is 0 Å². The predicted molar refractivity (Wildman–Crippen MR) is 73.2 cm³/mol. The van der Waals surface area contributed by atoms with E-state index in [9.17, 15) is 0 Å². The van der Waals surface area contributed by atoms with Crippen LogP contribution in [0.5, 0.6) is 11.5 Å². The molecular weight excluding hydrogens is 226 g/mol. The number of hydrogen-bond donors (Lipinski definition) is 1. The topological polar surface area (TPSA) is 30.5 Å². The molecule has 3 nitrogen and oxygen atoms in total. The average Bonchev–Trinajstić information content (AvgIpc) is 2.42. The summed E-state index contributed by atoms with van der Waals surface area (Å²) < 4.78 is 10.8. The second kappa shape index (κ2) is 6.07. The zero-order chi connectivity index (χ0) is 12.8. The molecule has 0 heterocycles. The Kier molecular flexibility index (Phi) is 4.20. The van der Waals surface area contributed by atoms with Gasteiger partial charge in [-0.25, -0.2) is 0 Å². The van der Waals surface area contributed by atoms with Crippen LogP contribution < -0.4 is 10.1 Å². The van der Waals surface area contributed by atoms with Gasteiger partial charge in [-0.1, -0.05) is 18.2 Å². The molecule has 1 N–H and O–H groups in total. The molecule has 0 saturated heterocycles. The highest BCUT2D eigenvalue weighted by molar-refractivity contribution is 5.48. The zero-order valence-corrected chi connectivity index (χ0v) is 10.6. The largest absolute Gasteiger partial charge is 0.457 e. The van der Waals surface area contributed by atoms with E-state index in [2.05, 4.69) is 5.32 Å². The lowest BCUT2D eigenvalue weighted by Crippen LogP contribution is -1.90. The summed E-state index contributed by atoms with van der Waals surface area (Å²) in [7, 11) is 3.58. The van der Waals surface area contributed by atoms with Crippen LogP contribution in [0.15, 0.2) is 48.5 Å². The van der Waals surface area contributed by atoms with E-state index in [4.69, 9.17) is 9.47 Å². The summed E-state index contributed by atoms with van der Waals surface area (Å²) in [6, 6.07) is 15.7. The number of methoxy groups -OCH3 is 1. The van der Waals surface area contributed by atoms with E-state index in [0.29, 0.717) is 6.61 Å². The van der Waals surface area contributed by atoms with Gasteiger partial charge in [0.15, 0.2) is 0 Å². The Morgan fingerprint density at radius 3 is 2.44 bits per heavy atom.